The van der Waals surface area contributed by atoms with Crippen LogP contribution in [-0.2, 0) is 4.79 Å². The van der Waals surface area contributed by atoms with Crippen molar-refractivity contribution in [2.75, 3.05) is 20.0 Å². The second-order valence-corrected chi connectivity index (χ2v) is 8.13. The van der Waals surface area contributed by atoms with Crippen LogP contribution in [-0.4, -0.2) is 30.9 Å². The fourth-order valence-electron chi connectivity index (χ4n) is 2.73. The van der Waals surface area contributed by atoms with Crippen molar-refractivity contribution in [3.63, 3.8) is 0 Å². The molecule has 3 aromatic rings. The molecule has 3 rings (SSSR count). The zero-order valence-corrected chi connectivity index (χ0v) is 17.6. The summed E-state index contributed by atoms with van der Waals surface area (Å²) in [5.41, 5.74) is 2.89. The molecule has 5 nitrogen and oxygen atoms in total. The van der Waals surface area contributed by atoms with Crippen LogP contribution in [0.15, 0.2) is 58.3 Å². The van der Waals surface area contributed by atoms with Crippen molar-refractivity contribution in [1.82, 2.24) is 10.3 Å². The van der Waals surface area contributed by atoms with E-state index >= 15 is 0 Å². The number of aromatic nitrogens is 1. The second kappa shape index (κ2) is 9.61. The molecule has 7 heteroatoms. The van der Waals surface area contributed by atoms with E-state index in [1.807, 2.05) is 60.8 Å². The van der Waals surface area contributed by atoms with Gasteiger partial charge in [0.15, 0.2) is 4.34 Å². The number of benzene rings is 2. The Bertz CT molecular complexity index is 928. The van der Waals surface area contributed by atoms with Gasteiger partial charge in [0.1, 0.15) is 11.5 Å². The van der Waals surface area contributed by atoms with Gasteiger partial charge in [0.25, 0.3) is 0 Å². The summed E-state index contributed by atoms with van der Waals surface area (Å²) in [5.74, 6) is 1.69. The number of carbonyl (C=O) groups is 1. The monoisotopic (exact) mass is 414 g/mol. The quantitative estimate of drug-likeness (QED) is 0.537. The number of hydrogen-bond acceptors (Lipinski definition) is 6. The van der Waals surface area contributed by atoms with Gasteiger partial charge in [-0.25, -0.2) is 4.98 Å². The van der Waals surface area contributed by atoms with Gasteiger partial charge in [-0.15, -0.1) is 11.3 Å². The highest BCUT2D eigenvalue weighted by Crippen LogP contribution is 2.30. The van der Waals surface area contributed by atoms with Crippen molar-refractivity contribution in [2.24, 2.45) is 0 Å². The van der Waals surface area contributed by atoms with Gasteiger partial charge in [0, 0.05) is 16.5 Å². The molecule has 0 aliphatic heterocycles. The first kappa shape index (κ1) is 20.2. The Balaban J connectivity index is 1.58. The second-order valence-electron chi connectivity index (χ2n) is 6.05. The Morgan fingerprint density at radius 2 is 1.96 bits per heavy atom. The summed E-state index contributed by atoms with van der Waals surface area (Å²) in [6.07, 6.45) is 0. The molecule has 1 atom stereocenters. The van der Waals surface area contributed by atoms with Crippen LogP contribution < -0.4 is 14.8 Å². The fraction of sp³-hybridized carbons (Fsp3) is 0.238. The van der Waals surface area contributed by atoms with Gasteiger partial charge >= 0.3 is 0 Å². The Labute approximate surface area is 173 Å². The van der Waals surface area contributed by atoms with E-state index < -0.39 is 0 Å². The van der Waals surface area contributed by atoms with Gasteiger partial charge in [0.05, 0.1) is 31.7 Å². The van der Waals surface area contributed by atoms with E-state index in [-0.39, 0.29) is 11.9 Å². The minimum absolute atomic E-state index is 0.0566. The third kappa shape index (κ3) is 5.05. The number of thioether (sulfide) groups is 1. The highest BCUT2D eigenvalue weighted by Gasteiger charge is 2.16. The maximum atomic E-state index is 12.4. The third-order valence-corrected chi connectivity index (χ3v) is 6.18. The molecule has 0 aliphatic rings. The standard InChI is InChI=1S/C21H22N2O3S2/c1-14(17-11-16(25-2)9-10-19(17)26-3)22-20(24)13-28-21-23-18(12-27-21)15-7-5-4-6-8-15/h4-12,14H,13H2,1-3H3,(H,22,24)/t14-/m1/s1. The SMILES string of the molecule is COc1ccc(OC)c([C@@H](C)NC(=O)CSc2nc(-c3ccccc3)cs2)c1. The number of nitrogens with zero attached hydrogens (tertiary/aromatic N) is 1. The summed E-state index contributed by atoms with van der Waals surface area (Å²) >= 11 is 2.99. The molecule has 28 heavy (non-hydrogen) atoms. The van der Waals surface area contributed by atoms with Gasteiger partial charge in [-0.1, -0.05) is 42.1 Å². The molecule has 0 spiro atoms. The Kier molecular flexibility index (Phi) is 6.95. The summed E-state index contributed by atoms with van der Waals surface area (Å²) < 4.78 is 11.6. The number of thiazole rings is 1. The predicted molar refractivity (Wildman–Crippen MR) is 114 cm³/mol. The maximum Gasteiger partial charge on any atom is 0.230 e. The Morgan fingerprint density at radius 1 is 1.18 bits per heavy atom. The van der Waals surface area contributed by atoms with Crippen LogP contribution in [0.25, 0.3) is 11.3 Å². The van der Waals surface area contributed by atoms with E-state index in [1.165, 1.54) is 11.8 Å². The number of methoxy groups -OCH3 is 2. The highest BCUT2D eigenvalue weighted by molar-refractivity contribution is 8.01. The summed E-state index contributed by atoms with van der Waals surface area (Å²) in [7, 11) is 3.23. The molecule has 0 unspecified atom stereocenters. The zero-order chi connectivity index (χ0) is 19.9. The van der Waals surface area contributed by atoms with Gasteiger partial charge in [-0.3, -0.25) is 4.79 Å². The predicted octanol–water partition coefficient (Wildman–Crippen LogP) is 4.80. The minimum atomic E-state index is -0.200. The molecule has 0 aliphatic carbocycles. The van der Waals surface area contributed by atoms with Gasteiger partial charge in [-0.2, -0.15) is 0 Å². The number of nitrogens with one attached hydrogen (secondary N) is 1. The molecule has 146 valence electrons. The van der Waals surface area contributed by atoms with E-state index in [9.17, 15) is 4.79 Å². The van der Waals surface area contributed by atoms with Crippen molar-refractivity contribution in [3.05, 3.63) is 59.5 Å². The number of rotatable bonds is 8. The van der Waals surface area contributed by atoms with Crippen LogP contribution in [0.1, 0.15) is 18.5 Å². The minimum Gasteiger partial charge on any atom is -0.497 e. The topological polar surface area (TPSA) is 60.5 Å². The van der Waals surface area contributed by atoms with Crippen molar-refractivity contribution < 1.29 is 14.3 Å². The smallest absolute Gasteiger partial charge is 0.230 e. The maximum absolute atomic E-state index is 12.4. The molecule has 0 fully saturated rings. The lowest BCUT2D eigenvalue weighted by Gasteiger charge is -2.18. The molecule has 1 amide bonds. The summed E-state index contributed by atoms with van der Waals surface area (Å²) in [5, 5.41) is 5.03. The molecule has 2 aromatic carbocycles. The zero-order valence-electron chi connectivity index (χ0n) is 16.0. The third-order valence-electron chi connectivity index (χ3n) is 4.16. The van der Waals surface area contributed by atoms with Crippen molar-refractivity contribution in [3.8, 4) is 22.8 Å². The lowest BCUT2D eigenvalue weighted by atomic mass is 10.1. The van der Waals surface area contributed by atoms with E-state index in [4.69, 9.17) is 9.47 Å². The largest absolute Gasteiger partial charge is 0.497 e. The molecule has 0 radical (unpaired) electrons. The van der Waals surface area contributed by atoms with Gasteiger partial charge in [-0.05, 0) is 25.1 Å². The van der Waals surface area contributed by atoms with Crippen molar-refractivity contribution in [2.45, 2.75) is 17.3 Å². The molecule has 1 aromatic heterocycles. The summed E-state index contributed by atoms with van der Waals surface area (Å²) in [4.78, 5) is 17.0. The highest BCUT2D eigenvalue weighted by atomic mass is 32.2. The van der Waals surface area contributed by atoms with Crippen molar-refractivity contribution >= 4 is 29.0 Å². The fourth-order valence-corrected chi connectivity index (χ4v) is 4.38. The van der Waals surface area contributed by atoms with Crippen LogP contribution in [0.3, 0.4) is 0 Å². The lowest BCUT2D eigenvalue weighted by molar-refractivity contribution is -0.119. The molecule has 1 N–H and O–H groups in total. The molecular weight excluding hydrogens is 392 g/mol. The van der Waals surface area contributed by atoms with Crippen LogP contribution in [0.5, 0.6) is 11.5 Å². The van der Waals surface area contributed by atoms with Crippen LogP contribution in [0.4, 0.5) is 0 Å². The Hall–Kier alpha value is -2.51. The molecular formula is C21H22N2O3S2. The number of hydrogen-bond donors (Lipinski definition) is 1. The first-order valence-corrected chi connectivity index (χ1v) is 10.6. The lowest BCUT2D eigenvalue weighted by Crippen LogP contribution is -2.28. The van der Waals surface area contributed by atoms with E-state index in [1.54, 1.807) is 25.6 Å². The van der Waals surface area contributed by atoms with Crippen LogP contribution in [0.2, 0.25) is 0 Å². The van der Waals surface area contributed by atoms with E-state index in [0.717, 1.165) is 26.9 Å². The molecule has 1 heterocycles. The van der Waals surface area contributed by atoms with Crippen LogP contribution in [0, 0.1) is 0 Å². The van der Waals surface area contributed by atoms with Crippen molar-refractivity contribution in [1.29, 1.82) is 0 Å². The first-order chi connectivity index (χ1) is 13.6. The number of ether oxygens (including phenoxy) is 2. The average molecular weight is 415 g/mol. The number of amides is 1. The summed E-state index contributed by atoms with van der Waals surface area (Å²) in [6.45, 7) is 1.93. The van der Waals surface area contributed by atoms with Crippen LogP contribution >= 0.6 is 23.1 Å². The normalized spacial score (nSPS) is 11.7. The first-order valence-electron chi connectivity index (χ1n) is 8.75. The molecule has 0 saturated heterocycles. The van der Waals surface area contributed by atoms with E-state index in [2.05, 4.69) is 10.3 Å². The molecule has 0 bridgehead atoms. The number of carbonyl (C=O) groups excluding carboxylic acids is 1. The average Bonchev–Trinajstić information content (AvgIpc) is 3.21. The van der Waals surface area contributed by atoms with Gasteiger partial charge < -0.3 is 14.8 Å². The van der Waals surface area contributed by atoms with E-state index in [0.29, 0.717) is 11.5 Å². The molecule has 0 saturated carbocycles. The Morgan fingerprint density at radius 3 is 2.68 bits per heavy atom. The van der Waals surface area contributed by atoms with Gasteiger partial charge in [0.2, 0.25) is 5.91 Å². The summed E-state index contributed by atoms with van der Waals surface area (Å²) in [6, 6.07) is 15.4.